The van der Waals surface area contributed by atoms with Crippen LogP contribution in [0.1, 0.15) is 21.5 Å². The van der Waals surface area contributed by atoms with Crippen LogP contribution < -0.4 is 9.80 Å². The number of carboxylic acid groups (broad SMARTS) is 1. The Labute approximate surface area is 379 Å². The molecule has 2 aliphatic heterocycles. The molecule has 2 aliphatic rings. The van der Waals surface area contributed by atoms with Crippen LogP contribution in [-0.4, -0.2) is 121 Å². The fourth-order valence-electron chi connectivity index (χ4n) is 8.85. The summed E-state index contributed by atoms with van der Waals surface area (Å²) in [6, 6.07) is 19.7. The number of nitro benzene ring substituents is 1. The summed E-state index contributed by atoms with van der Waals surface area (Å²) < 4.78 is 55.0. The highest BCUT2D eigenvalue weighted by Crippen LogP contribution is 2.35. The number of rotatable bonds is 11. The van der Waals surface area contributed by atoms with Gasteiger partial charge in [-0.3, -0.25) is 19.9 Å². The summed E-state index contributed by atoms with van der Waals surface area (Å²) in [5, 5.41) is 31.4. The summed E-state index contributed by atoms with van der Waals surface area (Å²) >= 11 is 0. The lowest BCUT2D eigenvalue weighted by molar-refractivity contribution is -0.384. The Balaban J connectivity index is 0.000000169. The molecular formula is C47H42F4N12O4. The summed E-state index contributed by atoms with van der Waals surface area (Å²) in [6.45, 7) is 7.57. The molecule has 2 saturated heterocycles. The molecule has 6 heterocycles. The maximum Gasteiger partial charge on any atom is 0.335 e. The van der Waals surface area contributed by atoms with E-state index in [1.54, 1.807) is 41.0 Å². The Morgan fingerprint density at radius 1 is 0.701 bits per heavy atom. The van der Waals surface area contributed by atoms with Crippen LogP contribution in [0.25, 0.3) is 43.9 Å². The zero-order chi connectivity index (χ0) is 46.8. The number of aromatic amines is 1. The molecule has 0 atom stereocenters. The second-order valence-corrected chi connectivity index (χ2v) is 16.4. The Hall–Kier alpha value is -7.76. The van der Waals surface area contributed by atoms with Gasteiger partial charge in [-0.25, -0.2) is 42.3 Å². The zero-order valence-electron chi connectivity index (χ0n) is 35.9. The van der Waals surface area contributed by atoms with E-state index in [0.717, 1.165) is 91.8 Å². The Morgan fingerprint density at radius 2 is 1.28 bits per heavy atom. The van der Waals surface area contributed by atoms with Crippen molar-refractivity contribution in [3.8, 4) is 6.07 Å². The molecule has 10 rings (SSSR count). The topological polar surface area (TPSA) is 189 Å². The van der Waals surface area contributed by atoms with E-state index >= 15 is 0 Å². The second kappa shape index (κ2) is 19.0. The third-order valence-electron chi connectivity index (χ3n) is 12.4. The van der Waals surface area contributed by atoms with Gasteiger partial charge in [-0.05, 0) is 72.5 Å². The number of non-ortho nitro benzene ring substituents is 1. The summed E-state index contributed by atoms with van der Waals surface area (Å²) in [5.41, 5.74) is 5.97. The van der Waals surface area contributed by atoms with E-state index in [9.17, 15) is 42.8 Å². The van der Waals surface area contributed by atoms with E-state index in [-0.39, 0.29) is 17.8 Å². The number of benzene rings is 4. The van der Waals surface area contributed by atoms with Crippen LogP contribution in [0.4, 0.5) is 34.9 Å². The van der Waals surface area contributed by atoms with Crippen LogP contribution in [0.15, 0.2) is 85.5 Å². The number of aromatic carboxylic acids is 1. The van der Waals surface area contributed by atoms with Crippen molar-refractivity contribution in [2.24, 2.45) is 0 Å². The molecule has 0 spiro atoms. The first-order valence-electron chi connectivity index (χ1n) is 21.6. The van der Waals surface area contributed by atoms with E-state index in [1.165, 1.54) is 43.0 Å². The number of nitrogens with one attached hydrogen (secondary N) is 1. The fourth-order valence-corrected chi connectivity index (χ4v) is 8.85. The van der Waals surface area contributed by atoms with Crippen molar-refractivity contribution in [1.29, 1.82) is 5.26 Å². The van der Waals surface area contributed by atoms with Crippen LogP contribution in [0.3, 0.4) is 0 Å². The van der Waals surface area contributed by atoms with Gasteiger partial charge in [-0.2, -0.15) is 5.26 Å². The Kier molecular flexibility index (Phi) is 12.6. The molecule has 0 radical (unpaired) electrons. The van der Waals surface area contributed by atoms with Crippen molar-refractivity contribution >= 4 is 67.2 Å². The molecule has 8 aromatic rings. The highest BCUT2D eigenvalue weighted by molar-refractivity contribution is 6.11. The third kappa shape index (κ3) is 9.23. The van der Waals surface area contributed by atoms with E-state index in [0.29, 0.717) is 59.2 Å². The van der Waals surface area contributed by atoms with E-state index < -0.39 is 34.2 Å². The van der Waals surface area contributed by atoms with Crippen molar-refractivity contribution < 1.29 is 32.4 Å². The van der Waals surface area contributed by atoms with Crippen LogP contribution in [0.5, 0.6) is 0 Å². The van der Waals surface area contributed by atoms with Crippen molar-refractivity contribution in [2.45, 2.75) is 19.4 Å². The molecule has 4 aromatic carbocycles. The van der Waals surface area contributed by atoms with Gasteiger partial charge in [0, 0.05) is 93.9 Å². The average Bonchev–Trinajstić information content (AvgIpc) is 3.88. The maximum atomic E-state index is 13.5. The molecular weight excluding hydrogens is 873 g/mol. The SMILES string of the molecule is N#CCn1c2ccc([N+](=O)[O-])cc2c2ncnc(N3CCN(CCc4ccc(F)c(F)c4)CC3)c21.O=C(O)c1ccc2[nH]c3c(N4CCN(CCc5ccc(F)c(F)c5)CC4)ncnc3c2c1. The molecule has 0 unspecified atom stereocenters. The van der Waals surface area contributed by atoms with Gasteiger partial charge in [0.05, 0.1) is 22.1 Å². The van der Waals surface area contributed by atoms with Gasteiger partial charge in [0.15, 0.2) is 34.9 Å². The normalized spacial score (nSPS) is 14.7. The molecule has 0 bridgehead atoms. The Morgan fingerprint density at radius 3 is 1.85 bits per heavy atom. The minimum absolute atomic E-state index is 0.0386. The number of carboxylic acids is 1. The first-order valence-corrected chi connectivity index (χ1v) is 21.6. The number of H-pyrrole nitrogens is 1. The molecule has 0 amide bonds. The molecule has 20 heteroatoms. The second-order valence-electron chi connectivity index (χ2n) is 16.4. The minimum atomic E-state index is -0.977. The van der Waals surface area contributed by atoms with Gasteiger partial charge in [0.2, 0.25) is 0 Å². The number of hydrogen-bond donors (Lipinski definition) is 2. The van der Waals surface area contributed by atoms with Crippen LogP contribution in [0, 0.1) is 44.7 Å². The molecule has 0 aliphatic carbocycles. The number of piperazine rings is 2. The molecule has 0 saturated carbocycles. The van der Waals surface area contributed by atoms with Gasteiger partial charge in [0.1, 0.15) is 41.3 Å². The maximum absolute atomic E-state index is 13.5. The van der Waals surface area contributed by atoms with E-state index in [1.807, 2.05) is 0 Å². The number of anilines is 2. The first-order chi connectivity index (χ1) is 32.4. The molecule has 4 aromatic heterocycles. The smallest absolute Gasteiger partial charge is 0.335 e. The highest BCUT2D eigenvalue weighted by atomic mass is 19.2. The standard InChI is InChI=1S/C24H21F2N7O2.C23H21F2N5O2/c25-19-3-1-16(13-20(19)26)5-7-30-9-11-31(12-10-30)24-23-22(28-15-29-24)18-14-17(33(34)35)2-4-21(18)32(23)8-6-27;24-17-3-1-14(11-18(17)25)5-6-29-7-9-30(10-8-29)22-21-20(26-13-27-22)16-12-15(23(31)32)2-4-19(16)28-21/h1-4,13-15H,5,7-12H2;1-4,11-13,28H,5-10H2,(H,31,32). The number of fused-ring (bicyclic) bond motifs is 6. The van der Waals surface area contributed by atoms with Crippen LogP contribution >= 0.6 is 0 Å². The number of carbonyl (C=O) groups is 1. The van der Waals surface area contributed by atoms with Gasteiger partial charge in [-0.1, -0.05) is 12.1 Å². The van der Waals surface area contributed by atoms with E-state index in [2.05, 4.69) is 50.6 Å². The van der Waals surface area contributed by atoms with Crippen molar-refractivity contribution in [3.05, 3.63) is 136 Å². The lowest BCUT2D eigenvalue weighted by Gasteiger charge is -2.35. The van der Waals surface area contributed by atoms with Crippen molar-refractivity contribution in [2.75, 3.05) is 75.2 Å². The summed E-state index contributed by atoms with van der Waals surface area (Å²) in [5.74, 6) is -2.81. The lowest BCUT2D eigenvalue weighted by atomic mass is 10.1. The third-order valence-corrected chi connectivity index (χ3v) is 12.4. The van der Waals surface area contributed by atoms with Crippen LogP contribution in [0.2, 0.25) is 0 Å². The molecule has 67 heavy (non-hydrogen) atoms. The zero-order valence-corrected chi connectivity index (χ0v) is 35.9. The highest BCUT2D eigenvalue weighted by Gasteiger charge is 2.26. The number of nitrogens with zero attached hydrogens (tertiary/aromatic N) is 11. The molecule has 2 fully saturated rings. The Bertz CT molecular complexity index is 3210. The summed E-state index contributed by atoms with van der Waals surface area (Å²) in [4.78, 5) is 52.2. The average molecular weight is 915 g/mol. The summed E-state index contributed by atoms with van der Waals surface area (Å²) in [6.07, 6.45) is 4.23. The molecule has 342 valence electrons. The fraction of sp³-hybridized carbons (Fsp3) is 0.277. The lowest BCUT2D eigenvalue weighted by Crippen LogP contribution is -2.47. The quantitative estimate of drug-likeness (QED) is 0.0760. The largest absolute Gasteiger partial charge is 0.478 e. The van der Waals surface area contributed by atoms with Gasteiger partial charge < -0.3 is 24.5 Å². The van der Waals surface area contributed by atoms with E-state index in [4.69, 9.17) is 0 Å². The van der Waals surface area contributed by atoms with Crippen molar-refractivity contribution in [3.63, 3.8) is 0 Å². The monoisotopic (exact) mass is 914 g/mol. The number of halogens is 4. The predicted molar refractivity (Wildman–Crippen MR) is 243 cm³/mol. The minimum Gasteiger partial charge on any atom is -0.478 e. The predicted octanol–water partition coefficient (Wildman–Crippen LogP) is 7.11. The number of nitriles is 1. The number of aromatic nitrogens is 6. The van der Waals surface area contributed by atoms with Crippen molar-refractivity contribution in [1.82, 2.24) is 39.3 Å². The summed E-state index contributed by atoms with van der Waals surface area (Å²) in [7, 11) is 0. The number of nitro groups is 1. The van der Waals surface area contributed by atoms with Gasteiger partial charge >= 0.3 is 5.97 Å². The number of hydrogen-bond acceptors (Lipinski definition) is 12. The van der Waals surface area contributed by atoms with Gasteiger partial charge in [0.25, 0.3) is 5.69 Å². The van der Waals surface area contributed by atoms with Crippen LogP contribution in [-0.2, 0) is 19.4 Å². The van der Waals surface area contributed by atoms with Gasteiger partial charge in [-0.15, -0.1) is 0 Å². The molecule has 16 nitrogen and oxygen atoms in total. The first kappa shape index (κ1) is 44.4. The molecule has 2 N–H and O–H groups in total.